The number of rotatable bonds is 5. The van der Waals surface area contributed by atoms with Crippen molar-refractivity contribution in [3.63, 3.8) is 0 Å². The van der Waals surface area contributed by atoms with E-state index in [0.29, 0.717) is 0 Å². The molecule has 1 N–H and O–H groups in total. The zero-order chi connectivity index (χ0) is 9.56. The van der Waals surface area contributed by atoms with Crippen molar-refractivity contribution in [2.24, 2.45) is 0 Å². The molecular weight excluding hydrogens is 154 g/mol. The van der Waals surface area contributed by atoms with Gasteiger partial charge in [0.1, 0.15) is 12.1 Å². The predicted octanol–water partition coefficient (Wildman–Crippen LogP) is 1.33. The fourth-order valence-electron chi connectivity index (χ4n) is 0.840. The Morgan fingerprint density at radius 2 is 1.92 bits per heavy atom. The van der Waals surface area contributed by atoms with Crippen molar-refractivity contribution >= 4 is 5.97 Å². The number of esters is 1. The van der Waals surface area contributed by atoms with E-state index in [1.54, 1.807) is 14.0 Å². The Morgan fingerprint density at radius 1 is 1.42 bits per heavy atom. The number of hydrogen-bond donors (Lipinski definition) is 1. The van der Waals surface area contributed by atoms with E-state index in [-0.39, 0.29) is 18.1 Å². The smallest absolute Gasteiger partial charge is 0.323 e. The molecule has 3 nitrogen and oxygen atoms in total. The molecule has 0 aromatic rings. The standard InChI is InChI=1S/C9H19NO2/c1-5-8(6-2)12-9(11)7(3)10-4/h7-8,10H,5-6H2,1-4H3/t7-/m0/s1. The number of carbonyl (C=O) groups is 1. The van der Waals surface area contributed by atoms with Gasteiger partial charge in [0, 0.05) is 0 Å². The van der Waals surface area contributed by atoms with E-state index >= 15 is 0 Å². The van der Waals surface area contributed by atoms with Gasteiger partial charge in [-0.1, -0.05) is 13.8 Å². The third-order valence-corrected chi connectivity index (χ3v) is 1.98. The molecular formula is C9H19NO2. The minimum atomic E-state index is -0.203. The first kappa shape index (κ1) is 11.4. The lowest BCUT2D eigenvalue weighted by molar-refractivity contribution is -0.151. The predicted molar refractivity (Wildman–Crippen MR) is 49.0 cm³/mol. The van der Waals surface area contributed by atoms with Gasteiger partial charge in [0.05, 0.1) is 0 Å². The molecule has 0 aromatic heterocycles. The molecule has 0 aliphatic heterocycles. The van der Waals surface area contributed by atoms with Crippen LogP contribution in [-0.2, 0) is 9.53 Å². The number of carbonyl (C=O) groups excluding carboxylic acids is 1. The monoisotopic (exact) mass is 173 g/mol. The van der Waals surface area contributed by atoms with Crippen molar-refractivity contribution in [1.29, 1.82) is 0 Å². The molecule has 0 bridgehead atoms. The molecule has 0 heterocycles. The van der Waals surface area contributed by atoms with Crippen molar-refractivity contribution in [2.45, 2.75) is 45.8 Å². The summed E-state index contributed by atoms with van der Waals surface area (Å²) in [7, 11) is 1.75. The second kappa shape index (κ2) is 6.00. The van der Waals surface area contributed by atoms with Crippen LogP contribution in [0.3, 0.4) is 0 Å². The summed E-state index contributed by atoms with van der Waals surface area (Å²) in [6.07, 6.45) is 1.85. The van der Waals surface area contributed by atoms with E-state index in [4.69, 9.17) is 4.74 Å². The summed E-state index contributed by atoms with van der Waals surface area (Å²) in [6.45, 7) is 5.84. The van der Waals surface area contributed by atoms with Crippen LogP contribution in [-0.4, -0.2) is 25.2 Å². The second-order valence-electron chi connectivity index (χ2n) is 2.89. The topological polar surface area (TPSA) is 38.3 Å². The van der Waals surface area contributed by atoms with Crippen LogP contribution in [0.5, 0.6) is 0 Å². The maximum Gasteiger partial charge on any atom is 0.323 e. The Hall–Kier alpha value is -0.570. The molecule has 0 spiro atoms. The molecule has 0 aliphatic rings. The second-order valence-corrected chi connectivity index (χ2v) is 2.89. The molecule has 0 radical (unpaired) electrons. The third kappa shape index (κ3) is 3.72. The Morgan fingerprint density at radius 3 is 2.25 bits per heavy atom. The number of nitrogens with one attached hydrogen (secondary N) is 1. The van der Waals surface area contributed by atoms with Gasteiger partial charge < -0.3 is 10.1 Å². The van der Waals surface area contributed by atoms with Crippen molar-refractivity contribution in [3.05, 3.63) is 0 Å². The summed E-state index contributed by atoms with van der Waals surface area (Å²) < 4.78 is 5.20. The fourth-order valence-corrected chi connectivity index (χ4v) is 0.840. The van der Waals surface area contributed by atoms with Crippen molar-refractivity contribution in [1.82, 2.24) is 5.32 Å². The van der Waals surface area contributed by atoms with Gasteiger partial charge in [0.2, 0.25) is 0 Å². The highest BCUT2D eigenvalue weighted by molar-refractivity contribution is 5.75. The van der Waals surface area contributed by atoms with Crippen LogP contribution in [0, 0.1) is 0 Å². The average molecular weight is 173 g/mol. The van der Waals surface area contributed by atoms with E-state index in [2.05, 4.69) is 5.32 Å². The van der Waals surface area contributed by atoms with Gasteiger partial charge in [0.15, 0.2) is 0 Å². The maximum atomic E-state index is 11.2. The van der Waals surface area contributed by atoms with Gasteiger partial charge in [-0.15, -0.1) is 0 Å². The highest BCUT2D eigenvalue weighted by atomic mass is 16.5. The van der Waals surface area contributed by atoms with Crippen LogP contribution in [0.25, 0.3) is 0 Å². The van der Waals surface area contributed by atoms with Crippen LogP contribution < -0.4 is 5.32 Å². The molecule has 0 aliphatic carbocycles. The molecule has 0 fully saturated rings. The van der Waals surface area contributed by atoms with Gasteiger partial charge in [-0.25, -0.2) is 0 Å². The fraction of sp³-hybridized carbons (Fsp3) is 0.889. The van der Waals surface area contributed by atoms with Gasteiger partial charge in [-0.05, 0) is 26.8 Å². The molecule has 0 amide bonds. The van der Waals surface area contributed by atoms with E-state index in [1.807, 2.05) is 13.8 Å². The molecule has 3 heteroatoms. The van der Waals surface area contributed by atoms with E-state index in [0.717, 1.165) is 12.8 Å². The first-order valence-electron chi connectivity index (χ1n) is 4.53. The van der Waals surface area contributed by atoms with E-state index in [1.165, 1.54) is 0 Å². The summed E-state index contributed by atoms with van der Waals surface area (Å²) in [5.74, 6) is -0.161. The highest BCUT2D eigenvalue weighted by Crippen LogP contribution is 2.03. The molecule has 72 valence electrons. The maximum absolute atomic E-state index is 11.2. The Balaban J connectivity index is 3.81. The molecule has 0 unspecified atom stereocenters. The Kier molecular flexibility index (Phi) is 5.72. The number of hydrogen-bond acceptors (Lipinski definition) is 3. The van der Waals surface area contributed by atoms with Gasteiger partial charge in [-0.3, -0.25) is 4.79 Å². The third-order valence-electron chi connectivity index (χ3n) is 1.98. The lowest BCUT2D eigenvalue weighted by Gasteiger charge is -2.16. The molecule has 0 aromatic carbocycles. The van der Waals surface area contributed by atoms with Gasteiger partial charge in [-0.2, -0.15) is 0 Å². The lowest BCUT2D eigenvalue weighted by atomic mass is 10.2. The Labute approximate surface area is 74.5 Å². The largest absolute Gasteiger partial charge is 0.461 e. The molecule has 12 heavy (non-hydrogen) atoms. The quantitative estimate of drug-likeness (QED) is 0.637. The van der Waals surface area contributed by atoms with E-state index < -0.39 is 0 Å². The number of ether oxygens (including phenoxy) is 1. The zero-order valence-electron chi connectivity index (χ0n) is 8.39. The normalized spacial score (nSPS) is 13.1. The van der Waals surface area contributed by atoms with Crippen molar-refractivity contribution in [3.8, 4) is 0 Å². The SMILES string of the molecule is CCC(CC)OC(=O)[C@H](C)NC. The molecule has 0 saturated heterocycles. The average Bonchev–Trinajstić information content (AvgIpc) is 2.12. The van der Waals surface area contributed by atoms with Gasteiger partial charge in [0.25, 0.3) is 0 Å². The van der Waals surface area contributed by atoms with Crippen LogP contribution in [0.15, 0.2) is 0 Å². The Bertz CT molecular complexity index is 132. The van der Waals surface area contributed by atoms with Crippen LogP contribution >= 0.6 is 0 Å². The first-order chi connectivity index (χ1) is 5.65. The summed E-state index contributed by atoms with van der Waals surface area (Å²) in [4.78, 5) is 11.2. The number of likely N-dealkylation sites (N-methyl/N-ethyl adjacent to an activating group) is 1. The highest BCUT2D eigenvalue weighted by Gasteiger charge is 2.15. The first-order valence-corrected chi connectivity index (χ1v) is 4.53. The van der Waals surface area contributed by atoms with Gasteiger partial charge >= 0.3 is 5.97 Å². The van der Waals surface area contributed by atoms with Crippen LogP contribution in [0.2, 0.25) is 0 Å². The van der Waals surface area contributed by atoms with Crippen molar-refractivity contribution < 1.29 is 9.53 Å². The zero-order valence-corrected chi connectivity index (χ0v) is 8.39. The van der Waals surface area contributed by atoms with Crippen LogP contribution in [0.1, 0.15) is 33.6 Å². The van der Waals surface area contributed by atoms with E-state index in [9.17, 15) is 4.79 Å². The van der Waals surface area contributed by atoms with Crippen LogP contribution in [0.4, 0.5) is 0 Å². The summed E-state index contributed by atoms with van der Waals surface area (Å²) in [5.41, 5.74) is 0. The minimum absolute atomic E-state index is 0.0771. The summed E-state index contributed by atoms with van der Waals surface area (Å²) in [6, 6.07) is -0.203. The van der Waals surface area contributed by atoms with Crippen molar-refractivity contribution in [2.75, 3.05) is 7.05 Å². The molecule has 0 saturated carbocycles. The molecule has 1 atom stereocenters. The minimum Gasteiger partial charge on any atom is -0.461 e. The summed E-state index contributed by atoms with van der Waals surface area (Å²) in [5, 5.41) is 2.84. The summed E-state index contributed by atoms with van der Waals surface area (Å²) >= 11 is 0. The molecule has 0 rings (SSSR count). The lowest BCUT2D eigenvalue weighted by Crippen LogP contribution is -2.34.